The summed E-state index contributed by atoms with van der Waals surface area (Å²) in [5.41, 5.74) is 2.53. The first-order valence-electron chi connectivity index (χ1n) is 13.6. The molecular weight excluding hydrogens is 558 g/mol. The lowest BCUT2D eigenvalue weighted by Gasteiger charge is -2.35. The van der Waals surface area contributed by atoms with Gasteiger partial charge in [0.1, 0.15) is 12.6 Å². The first-order valence-corrected chi connectivity index (χ1v) is 15.8. The Morgan fingerprint density at radius 2 is 1.46 bits per heavy atom. The van der Waals surface area contributed by atoms with E-state index >= 15 is 0 Å². The van der Waals surface area contributed by atoms with E-state index in [2.05, 4.69) is 19.2 Å². The van der Waals surface area contributed by atoms with Crippen molar-refractivity contribution in [1.82, 2.24) is 10.2 Å². The van der Waals surface area contributed by atoms with Crippen LogP contribution in [0.25, 0.3) is 0 Å². The van der Waals surface area contributed by atoms with Crippen LogP contribution in [0.3, 0.4) is 0 Å². The van der Waals surface area contributed by atoms with Crippen LogP contribution in [0.15, 0.2) is 78.9 Å². The van der Waals surface area contributed by atoms with Crippen LogP contribution in [0.1, 0.15) is 57.2 Å². The van der Waals surface area contributed by atoms with E-state index in [9.17, 15) is 18.0 Å². The summed E-state index contributed by atoms with van der Waals surface area (Å²) < 4.78 is 27.0. The number of sulfonamides is 1. The van der Waals surface area contributed by atoms with E-state index in [1.54, 1.807) is 36.4 Å². The largest absolute Gasteiger partial charge is 0.350 e. The molecule has 3 aromatic carbocycles. The Morgan fingerprint density at radius 1 is 0.878 bits per heavy atom. The fourth-order valence-electron chi connectivity index (χ4n) is 4.43. The molecule has 0 saturated heterocycles. The van der Waals surface area contributed by atoms with Gasteiger partial charge >= 0.3 is 0 Å². The van der Waals surface area contributed by atoms with E-state index in [4.69, 9.17) is 11.6 Å². The maximum absolute atomic E-state index is 14.1. The van der Waals surface area contributed by atoms with Gasteiger partial charge in [-0.25, -0.2) is 8.42 Å². The zero-order chi connectivity index (χ0) is 30.4. The third kappa shape index (κ3) is 9.61. The number of nitrogens with zero attached hydrogens (tertiary/aromatic N) is 2. The van der Waals surface area contributed by atoms with Crippen molar-refractivity contribution in [2.75, 3.05) is 17.1 Å². The number of rotatable bonds is 11. The van der Waals surface area contributed by atoms with Crippen LogP contribution in [0.4, 0.5) is 5.69 Å². The molecule has 0 spiro atoms. The van der Waals surface area contributed by atoms with Crippen LogP contribution in [-0.2, 0) is 32.6 Å². The Hall–Kier alpha value is -3.36. The van der Waals surface area contributed by atoms with Crippen molar-refractivity contribution in [3.8, 4) is 0 Å². The van der Waals surface area contributed by atoms with Gasteiger partial charge < -0.3 is 10.2 Å². The molecule has 0 fully saturated rings. The maximum Gasteiger partial charge on any atom is 0.244 e. The number of halogens is 1. The van der Waals surface area contributed by atoms with Gasteiger partial charge in [-0.3, -0.25) is 13.9 Å². The third-order valence-corrected chi connectivity index (χ3v) is 7.95. The van der Waals surface area contributed by atoms with Gasteiger partial charge in [-0.2, -0.15) is 0 Å². The van der Waals surface area contributed by atoms with Crippen molar-refractivity contribution in [3.05, 3.63) is 101 Å². The van der Waals surface area contributed by atoms with Gasteiger partial charge in [0.15, 0.2) is 0 Å². The lowest BCUT2D eigenvalue weighted by molar-refractivity contribution is -0.140. The van der Waals surface area contributed by atoms with Crippen LogP contribution in [0.5, 0.6) is 0 Å². The van der Waals surface area contributed by atoms with Crippen LogP contribution < -0.4 is 9.62 Å². The summed E-state index contributed by atoms with van der Waals surface area (Å²) >= 11 is 6.10. The molecule has 41 heavy (non-hydrogen) atoms. The molecule has 3 aromatic rings. The number of carbonyl (C=O) groups excluding carboxylic acids is 2. The number of nitrogens with one attached hydrogen (secondary N) is 1. The molecule has 0 radical (unpaired) electrons. The average Bonchev–Trinajstić information content (AvgIpc) is 2.89. The Morgan fingerprint density at radius 3 is 1.98 bits per heavy atom. The minimum Gasteiger partial charge on any atom is -0.350 e. The highest BCUT2D eigenvalue weighted by Gasteiger charge is 2.34. The second-order valence-corrected chi connectivity index (χ2v) is 14.0. The van der Waals surface area contributed by atoms with Gasteiger partial charge in [-0.1, -0.05) is 80.0 Å². The predicted molar refractivity (Wildman–Crippen MR) is 167 cm³/mol. The highest BCUT2D eigenvalue weighted by Crippen LogP contribution is 2.24. The van der Waals surface area contributed by atoms with E-state index in [0.29, 0.717) is 10.7 Å². The Labute approximate surface area is 249 Å². The van der Waals surface area contributed by atoms with Gasteiger partial charge in [-0.15, -0.1) is 0 Å². The molecule has 220 valence electrons. The molecule has 0 aliphatic heterocycles. The molecule has 1 N–H and O–H groups in total. The summed E-state index contributed by atoms with van der Waals surface area (Å²) in [6, 6.07) is 22.7. The molecule has 1 atom stereocenters. The monoisotopic (exact) mass is 597 g/mol. The minimum atomic E-state index is -3.82. The van der Waals surface area contributed by atoms with Crippen LogP contribution >= 0.6 is 11.6 Å². The number of hydrogen-bond acceptors (Lipinski definition) is 4. The van der Waals surface area contributed by atoms with Gasteiger partial charge in [0, 0.05) is 23.5 Å². The summed E-state index contributed by atoms with van der Waals surface area (Å²) in [7, 11) is -3.82. The smallest absolute Gasteiger partial charge is 0.244 e. The highest BCUT2D eigenvalue weighted by molar-refractivity contribution is 7.92. The summed E-state index contributed by atoms with van der Waals surface area (Å²) in [4.78, 5) is 29.4. The fourth-order valence-corrected chi connectivity index (χ4v) is 5.41. The van der Waals surface area contributed by atoms with Crippen molar-refractivity contribution in [1.29, 1.82) is 0 Å². The molecular formula is C32H40ClN3O4S. The van der Waals surface area contributed by atoms with Crippen molar-refractivity contribution < 1.29 is 18.0 Å². The van der Waals surface area contributed by atoms with Gasteiger partial charge in [0.05, 0.1) is 11.9 Å². The molecule has 9 heteroatoms. The second-order valence-electron chi connectivity index (χ2n) is 11.6. The quantitative estimate of drug-likeness (QED) is 0.303. The SMILES string of the molecule is CC(C)c1ccc(N(CC(=O)N(Cc2ccc(Cl)cc2)[C@@H](Cc2ccccc2)C(=O)NC(C)(C)C)S(C)(=O)=O)cc1. The molecule has 2 amide bonds. The summed E-state index contributed by atoms with van der Waals surface area (Å²) in [5.74, 6) is -0.550. The lowest BCUT2D eigenvalue weighted by Crippen LogP contribution is -2.56. The topological polar surface area (TPSA) is 86.8 Å². The predicted octanol–water partition coefficient (Wildman–Crippen LogP) is 5.78. The van der Waals surface area contributed by atoms with E-state index in [1.165, 1.54) is 4.90 Å². The Kier molecular flexibility index (Phi) is 10.6. The first-order chi connectivity index (χ1) is 19.1. The molecule has 7 nitrogen and oxygen atoms in total. The van der Waals surface area contributed by atoms with E-state index in [1.807, 2.05) is 63.2 Å². The van der Waals surface area contributed by atoms with Gasteiger partial charge in [-0.05, 0) is 67.6 Å². The molecule has 0 heterocycles. The lowest BCUT2D eigenvalue weighted by atomic mass is 10.0. The summed E-state index contributed by atoms with van der Waals surface area (Å²) in [6.45, 7) is 9.37. The summed E-state index contributed by atoms with van der Waals surface area (Å²) in [5, 5.41) is 3.56. The Bertz CT molecular complexity index is 1420. The summed E-state index contributed by atoms with van der Waals surface area (Å²) in [6.07, 6.45) is 1.33. The van der Waals surface area contributed by atoms with Crippen molar-refractivity contribution in [2.45, 2.75) is 65.1 Å². The van der Waals surface area contributed by atoms with Crippen molar-refractivity contribution in [3.63, 3.8) is 0 Å². The maximum atomic E-state index is 14.1. The Balaban J connectivity index is 2.06. The van der Waals surface area contributed by atoms with E-state index in [0.717, 1.165) is 27.3 Å². The third-order valence-electron chi connectivity index (χ3n) is 6.56. The zero-order valence-electron chi connectivity index (χ0n) is 24.6. The standard InChI is InChI=1S/C32H40ClN3O4S/c1-23(2)26-14-18-28(19-15-26)36(41(6,39)40)22-30(37)35(21-25-12-16-27(33)17-13-25)29(31(38)34-32(3,4)5)20-24-10-8-7-9-11-24/h7-19,23,29H,20-22H2,1-6H3,(H,34,38)/t29-/m0/s1. The normalized spacial score (nSPS) is 12.6. The van der Waals surface area contributed by atoms with Crippen LogP contribution in [-0.4, -0.2) is 49.5 Å². The fraction of sp³-hybridized carbons (Fsp3) is 0.375. The number of hydrogen-bond donors (Lipinski definition) is 1. The number of amides is 2. The van der Waals surface area contributed by atoms with E-state index < -0.39 is 34.1 Å². The molecule has 0 saturated carbocycles. The molecule has 0 aliphatic rings. The molecule has 3 rings (SSSR count). The number of benzene rings is 3. The first kappa shape index (κ1) is 32.2. The highest BCUT2D eigenvalue weighted by atomic mass is 35.5. The van der Waals surface area contributed by atoms with E-state index in [-0.39, 0.29) is 24.8 Å². The number of carbonyl (C=O) groups is 2. The zero-order valence-corrected chi connectivity index (χ0v) is 26.2. The van der Waals surface area contributed by atoms with Crippen molar-refractivity contribution >= 4 is 39.1 Å². The molecule has 0 bridgehead atoms. The van der Waals surface area contributed by atoms with Gasteiger partial charge in [0.25, 0.3) is 0 Å². The van der Waals surface area contributed by atoms with Gasteiger partial charge in [0.2, 0.25) is 21.8 Å². The molecule has 0 unspecified atom stereocenters. The minimum absolute atomic E-state index is 0.0922. The van der Waals surface area contributed by atoms with Crippen LogP contribution in [0, 0.1) is 0 Å². The second kappa shape index (κ2) is 13.5. The average molecular weight is 598 g/mol. The molecule has 0 aliphatic carbocycles. The van der Waals surface area contributed by atoms with Crippen molar-refractivity contribution in [2.24, 2.45) is 0 Å². The molecule has 0 aromatic heterocycles. The number of anilines is 1. The van der Waals surface area contributed by atoms with Crippen LogP contribution in [0.2, 0.25) is 5.02 Å².